The standard InChI is InChI=1S/C10H9N.Sn/c1-8-4-2-6-10-9(8)5-3-7-11-10;/h2-7H,1H3;. The van der Waals surface area contributed by atoms with Crippen molar-refractivity contribution in [2.75, 3.05) is 0 Å². The van der Waals surface area contributed by atoms with Crippen LogP contribution in [0.15, 0.2) is 36.5 Å². The molecule has 2 aromatic rings. The van der Waals surface area contributed by atoms with Gasteiger partial charge in [0.25, 0.3) is 0 Å². The van der Waals surface area contributed by atoms with E-state index in [9.17, 15) is 0 Å². The van der Waals surface area contributed by atoms with Gasteiger partial charge in [-0.1, -0.05) is 18.2 Å². The van der Waals surface area contributed by atoms with Crippen molar-refractivity contribution in [3.05, 3.63) is 42.1 Å². The molecular formula is C10H9NSn. The van der Waals surface area contributed by atoms with E-state index < -0.39 is 0 Å². The number of aromatic nitrogens is 1. The molecule has 0 aliphatic rings. The van der Waals surface area contributed by atoms with Gasteiger partial charge < -0.3 is 0 Å². The van der Waals surface area contributed by atoms with Crippen molar-refractivity contribution in [1.29, 1.82) is 0 Å². The summed E-state index contributed by atoms with van der Waals surface area (Å²) in [5.74, 6) is 0. The Hall–Kier alpha value is -0.571. The summed E-state index contributed by atoms with van der Waals surface area (Å²) in [7, 11) is 0. The smallest absolute Gasteiger partial charge is 0.0704 e. The number of nitrogens with zero attached hydrogens (tertiary/aromatic N) is 1. The van der Waals surface area contributed by atoms with Crippen LogP contribution in [-0.4, -0.2) is 28.9 Å². The zero-order valence-electron chi connectivity index (χ0n) is 6.91. The third-order valence-corrected chi connectivity index (χ3v) is 1.86. The number of hydrogen-bond acceptors (Lipinski definition) is 1. The van der Waals surface area contributed by atoms with E-state index in [1.54, 1.807) is 0 Å². The molecule has 58 valence electrons. The molecule has 1 aromatic carbocycles. The van der Waals surface area contributed by atoms with Crippen LogP contribution in [0.1, 0.15) is 5.56 Å². The summed E-state index contributed by atoms with van der Waals surface area (Å²) < 4.78 is 0. The SMILES string of the molecule is Cc1cccc2ncccc12.[Sn]. The number of hydrogen-bond donors (Lipinski definition) is 0. The maximum atomic E-state index is 4.24. The first-order chi connectivity index (χ1) is 5.38. The van der Waals surface area contributed by atoms with Crippen LogP contribution >= 0.6 is 0 Å². The molecule has 0 atom stereocenters. The van der Waals surface area contributed by atoms with Gasteiger partial charge in [0.05, 0.1) is 5.52 Å². The molecule has 1 heterocycles. The third kappa shape index (κ3) is 1.61. The summed E-state index contributed by atoms with van der Waals surface area (Å²) >= 11 is 0. The van der Waals surface area contributed by atoms with Gasteiger partial charge in [0.1, 0.15) is 0 Å². The zero-order chi connectivity index (χ0) is 7.68. The second-order valence-electron chi connectivity index (χ2n) is 2.64. The fourth-order valence-electron chi connectivity index (χ4n) is 1.26. The fourth-order valence-corrected chi connectivity index (χ4v) is 1.26. The zero-order valence-corrected chi connectivity index (χ0v) is 9.77. The Balaban J connectivity index is 0.000000720. The maximum absolute atomic E-state index is 4.24. The number of rotatable bonds is 0. The average molecular weight is 262 g/mol. The van der Waals surface area contributed by atoms with E-state index in [2.05, 4.69) is 24.0 Å². The molecule has 0 fully saturated rings. The minimum absolute atomic E-state index is 0. The van der Waals surface area contributed by atoms with E-state index in [1.807, 2.05) is 24.4 Å². The summed E-state index contributed by atoms with van der Waals surface area (Å²) in [6.45, 7) is 2.10. The van der Waals surface area contributed by atoms with Crippen molar-refractivity contribution in [2.45, 2.75) is 6.92 Å². The molecule has 1 nitrogen and oxygen atoms in total. The summed E-state index contributed by atoms with van der Waals surface area (Å²) in [6.07, 6.45) is 1.82. The first-order valence-electron chi connectivity index (χ1n) is 3.68. The predicted octanol–water partition coefficient (Wildman–Crippen LogP) is 2.16. The van der Waals surface area contributed by atoms with Crippen molar-refractivity contribution in [1.82, 2.24) is 4.98 Å². The topological polar surface area (TPSA) is 12.9 Å². The Bertz CT molecular complexity index is 379. The van der Waals surface area contributed by atoms with E-state index in [0.717, 1.165) is 5.52 Å². The fraction of sp³-hybridized carbons (Fsp3) is 0.100. The van der Waals surface area contributed by atoms with E-state index in [4.69, 9.17) is 0 Å². The first-order valence-corrected chi connectivity index (χ1v) is 3.68. The van der Waals surface area contributed by atoms with Crippen LogP contribution in [0, 0.1) is 6.92 Å². The van der Waals surface area contributed by atoms with Crippen LogP contribution in [0.4, 0.5) is 0 Å². The van der Waals surface area contributed by atoms with Crippen LogP contribution in [-0.2, 0) is 0 Å². The average Bonchev–Trinajstić information content (AvgIpc) is 2.06. The first kappa shape index (κ1) is 9.52. The monoisotopic (exact) mass is 263 g/mol. The Morgan fingerprint density at radius 3 is 2.67 bits per heavy atom. The quantitative estimate of drug-likeness (QED) is 0.663. The normalized spacial score (nSPS) is 9.42. The minimum atomic E-state index is 0. The van der Waals surface area contributed by atoms with Crippen LogP contribution in [0.3, 0.4) is 0 Å². The van der Waals surface area contributed by atoms with E-state index in [-0.39, 0.29) is 23.9 Å². The van der Waals surface area contributed by atoms with Crippen LogP contribution in [0.25, 0.3) is 10.9 Å². The molecule has 1 aromatic heterocycles. The van der Waals surface area contributed by atoms with Crippen molar-refractivity contribution < 1.29 is 0 Å². The second kappa shape index (κ2) is 3.89. The molecule has 0 unspecified atom stereocenters. The Kier molecular flexibility index (Phi) is 3.09. The molecule has 0 saturated carbocycles. The number of fused-ring (bicyclic) bond motifs is 1. The van der Waals surface area contributed by atoms with Gasteiger partial charge >= 0.3 is 0 Å². The van der Waals surface area contributed by atoms with Gasteiger partial charge in [-0.3, -0.25) is 4.98 Å². The van der Waals surface area contributed by atoms with E-state index in [1.165, 1.54) is 10.9 Å². The Morgan fingerprint density at radius 1 is 1.08 bits per heavy atom. The van der Waals surface area contributed by atoms with Gasteiger partial charge in [-0.2, -0.15) is 0 Å². The van der Waals surface area contributed by atoms with E-state index in [0.29, 0.717) is 0 Å². The third-order valence-electron chi connectivity index (χ3n) is 1.86. The summed E-state index contributed by atoms with van der Waals surface area (Å²) in [5.41, 5.74) is 2.36. The van der Waals surface area contributed by atoms with Crippen molar-refractivity contribution >= 4 is 34.8 Å². The van der Waals surface area contributed by atoms with E-state index >= 15 is 0 Å². The molecule has 0 N–H and O–H groups in total. The summed E-state index contributed by atoms with van der Waals surface area (Å²) in [4.78, 5) is 4.24. The van der Waals surface area contributed by atoms with Crippen LogP contribution in [0.5, 0.6) is 0 Å². The molecule has 0 amide bonds. The molecule has 4 radical (unpaired) electrons. The Morgan fingerprint density at radius 2 is 1.92 bits per heavy atom. The molecular weight excluding hydrogens is 253 g/mol. The molecule has 0 aliphatic carbocycles. The van der Waals surface area contributed by atoms with Gasteiger partial charge in [0.2, 0.25) is 0 Å². The van der Waals surface area contributed by atoms with Crippen molar-refractivity contribution in [3.8, 4) is 0 Å². The number of pyridine rings is 1. The van der Waals surface area contributed by atoms with Crippen molar-refractivity contribution in [2.24, 2.45) is 0 Å². The van der Waals surface area contributed by atoms with Gasteiger partial charge in [-0.05, 0) is 24.6 Å². The van der Waals surface area contributed by atoms with Gasteiger partial charge in [-0.15, -0.1) is 0 Å². The number of aryl methyl sites for hydroxylation is 1. The molecule has 0 saturated heterocycles. The number of benzene rings is 1. The van der Waals surface area contributed by atoms with Crippen LogP contribution < -0.4 is 0 Å². The maximum Gasteiger partial charge on any atom is 0.0704 e. The molecule has 2 rings (SSSR count). The van der Waals surface area contributed by atoms with Crippen molar-refractivity contribution in [3.63, 3.8) is 0 Å². The van der Waals surface area contributed by atoms with Gasteiger partial charge in [0, 0.05) is 35.5 Å². The molecule has 12 heavy (non-hydrogen) atoms. The molecule has 0 bridgehead atoms. The summed E-state index contributed by atoms with van der Waals surface area (Å²) in [6, 6.07) is 10.2. The largest absolute Gasteiger partial charge is 0.256 e. The second-order valence-corrected chi connectivity index (χ2v) is 2.64. The molecule has 0 spiro atoms. The molecule has 2 heteroatoms. The molecule has 0 aliphatic heterocycles. The minimum Gasteiger partial charge on any atom is -0.256 e. The van der Waals surface area contributed by atoms with Crippen LogP contribution in [0.2, 0.25) is 0 Å². The van der Waals surface area contributed by atoms with Gasteiger partial charge in [-0.25, -0.2) is 0 Å². The predicted molar refractivity (Wildman–Crippen MR) is 52.2 cm³/mol. The summed E-state index contributed by atoms with van der Waals surface area (Å²) in [5, 5.41) is 1.25. The Labute approximate surface area is 88.8 Å². The van der Waals surface area contributed by atoms with Gasteiger partial charge in [0.15, 0.2) is 0 Å².